The van der Waals surface area contributed by atoms with Gasteiger partial charge in [0.15, 0.2) is 0 Å². The van der Waals surface area contributed by atoms with E-state index in [-0.39, 0.29) is 17.6 Å². The average Bonchev–Trinajstić information content (AvgIpc) is 3.39. The average molecular weight is 411 g/mol. The van der Waals surface area contributed by atoms with Crippen LogP contribution in [0.25, 0.3) is 5.69 Å². The summed E-state index contributed by atoms with van der Waals surface area (Å²) >= 11 is 6.29. The molecule has 1 aliphatic rings. The predicted molar refractivity (Wildman–Crippen MR) is 109 cm³/mol. The molecule has 0 radical (unpaired) electrons. The molecule has 1 unspecified atom stereocenters. The zero-order chi connectivity index (χ0) is 20.4. The van der Waals surface area contributed by atoms with Gasteiger partial charge >= 0.3 is 0 Å². The quantitative estimate of drug-likeness (QED) is 0.464. The molecule has 2 heterocycles. The van der Waals surface area contributed by atoms with Crippen molar-refractivity contribution in [1.29, 1.82) is 0 Å². The second kappa shape index (κ2) is 8.05. The number of aromatic nitrogens is 2. The maximum atomic E-state index is 13.1. The second-order valence-corrected chi connectivity index (χ2v) is 7.44. The predicted octanol–water partition coefficient (Wildman–Crippen LogP) is 4.28. The van der Waals surface area contributed by atoms with Gasteiger partial charge < -0.3 is 4.90 Å². The molecule has 2 aromatic carbocycles. The summed E-state index contributed by atoms with van der Waals surface area (Å²) in [5, 5.41) is 15.8. The van der Waals surface area contributed by atoms with E-state index in [4.69, 9.17) is 11.6 Å². The number of amides is 1. The van der Waals surface area contributed by atoms with Crippen LogP contribution < -0.4 is 0 Å². The van der Waals surface area contributed by atoms with E-state index in [1.807, 2.05) is 29.2 Å². The van der Waals surface area contributed by atoms with Gasteiger partial charge in [-0.1, -0.05) is 29.8 Å². The summed E-state index contributed by atoms with van der Waals surface area (Å²) in [7, 11) is 0. The number of rotatable bonds is 5. The Morgan fingerprint density at radius 3 is 2.69 bits per heavy atom. The SMILES string of the molecule is O=C(c1cnn(-c2ccc([N+](=O)[O-])cc2)c1)N1CCCC1Cc1ccccc1Cl. The summed E-state index contributed by atoms with van der Waals surface area (Å²) < 4.78 is 1.55. The molecule has 1 aliphatic heterocycles. The number of likely N-dealkylation sites (tertiary alicyclic amines) is 1. The smallest absolute Gasteiger partial charge is 0.269 e. The molecule has 29 heavy (non-hydrogen) atoms. The monoisotopic (exact) mass is 410 g/mol. The van der Waals surface area contributed by atoms with Crippen molar-refractivity contribution in [3.05, 3.63) is 87.2 Å². The fraction of sp³-hybridized carbons (Fsp3) is 0.238. The highest BCUT2D eigenvalue weighted by Crippen LogP contribution is 2.26. The number of benzene rings is 2. The Kier molecular flexibility index (Phi) is 5.31. The molecular weight excluding hydrogens is 392 g/mol. The summed E-state index contributed by atoms with van der Waals surface area (Å²) in [5.41, 5.74) is 2.20. The molecule has 8 heteroatoms. The lowest BCUT2D eigenvalue weighted by atomic mass is 10.0. The maximum Gasteiger partial charge on any atom is 0.269 e. The fourth-order valence-electron chi connectivity index (χ4n) is 3.70. The Bertz CT molecular complexity index is 1050. The molecule has 1 amide bonds. The van der Waals surface area contributed by atoms with Crippen molar-refractivity contribution in [2.24, 2.45) is 0 Å². The van der Waals surface area contributed by atoms with Crippen LogP contribution in [0.2, 0.25) is 5.02 Å². The summed E-state index contributed by atoms with van der Waals surface area (Å²) in [4.78, 5) is 25.3. The van der Waals surface area contributed by atoms with Crippen LogP contribution in [-0.2, 0) is 6.42 Å². The Morgan fingerprint density at radius 1 is 1.21 bits per heavy atom. The molecule has 0 aliphatic carbocycles. The lowest BCUT2D eigenvalue weighted by Gasteiger charge is -2.24. The first-order valence-electron chi connectivity index (χ1n) is 9.37. The van der Waals surface area contributed by atoms with Crippen molar-refractivity contribution in [3.63, 3.8) is 0 Å². The standard InChI is InChI=1S/C21H19ClN4O3/c22-20-6-2-1-4-15(20)12-19-5-3-11-24(19)21(27)16-13-23-25(14-16)17-7-9-18(10-8-17)26(28)29/h1-2,4,6-10,13-14,19H,3,5,11-12H2. The number of nitro benzene ring substituents is 1. The molecule has 1 aromatic heterocycles. The van der Waals surface area contributed by atoms with Crippen LogP contribution in [0.15, 0.2) is 60.9 Å². The van der Waals surface area contributed by atoms with Gasteiger partial charge in [-0.15, -0.1) is 0 Å². The molecule has 0 N–H and O–H groups in total. The largest absolute Gasteiger partial charge is 0.335 e. The third kappa shape index (κ3) is 4.00. The highest BCUT2D eigenvalue weighted by molar-refractivity contribution is 6.31. The number of nitro groups is 1. The van der Waals surface area contributed by atoms with Crippen molar-refractivity contribution in [2.75, 3.05) is 6.54 Å². The van der Waals surface area contributed by atoms with Gasteiger partial charge in [-0.3, -0.25) is 14.9 Å². The molecule has 0 bridgehead atoms. The van der Waals surface area contributed by atoms with Crippen molar-refractivity contribution in [2.45, 2.75) is 25.3 Å². The molecule has 0 saturated carbocycles. The molecule has 1 fully saturated rings. The van der Waals surface area contributed by atoms with E-state index >= 15 is 0 Å². The van der Waals surface area contributed by atoms with E-state index in [0.717, 1.165) is 29.8 Å². The van der Waals surface area contributed by atoms with E-state index in [0.29, 0.717) is 17.8 Å². The van der Waals surface area contributed by atoms with Crippen molar-refractivity contribution in [3.8, 4) is 5.69 Å². The molecule has 1 atom stereocenters. The first-order chi connectivity index (χ1) is 14.0. The number of halogens is 1. The van der Waals surface area contributed by atoms with Crippen molar-refractivity contribution >= 4 is 23.2 Å². The lowest BCUT2D eigenvalue weighted by molar-refractivity contribution is -0.384. The highest BCUT2D eigenvalue weighted by atomic mass is 35.5. The lowest BCUT2D eigenvalue weighted by Crippen LogP contribution is -2.36. The Labute approximate surface area is 172 Å². The Balaban J connectivity index is 1.50. The third-order valence-electron chi connectivity index (χ3n) is 5.21. The van der Waals surface area contributed by atoms with Crippen molar-refractivity contribution < 1.29 is 9.72 Å². The van der Waals surface area contributed by atoms with E-state index in [9.17, 15) is 14.9 Å². The zero-order valence-electron chi connectivity index (χ0n) is 15.6. The van der Waals surface area contributed by atoms with Crippen LogP contribution in [0.3, 0.4) is 0 Å². The van der Waals surface area contributed by atoms with Crippen LogP contribution in [0.1, 0.15) is 28.8 Å². The maximum absolute atomic E-state index is 13.1. The number of nitrogens with zero attached hydrogens (tertiary/aromatic N) is 4. The number of non-ortho nitro benzene ring substituents is 1. The first-order valence-corrected chi connectivity index (χ1v) is 9.74. The number of hydrogen-bond acceptors (Lipinski definition) is 4. The van der Waals surface area contributed by atoms with E-state index in [1.54, 1.807) is 23.0 Å². The first kappa shape index (κ1) is 19.1. The molecule has 1 saturated heterocycles. The minimum atomic E-state index is -0.450. The van der Waals surface area contributed by atoms with E-state index < -0.39 is 4.92 Å². The molecule has 7 nitrogen and oxygen atoms in total. The minimum absolute atomic E-state index is 0.0108. The number of hydrogen-bond donors (Lipinski definition) is 0. The van der Waals surface area contributed by atoms with Crippen LogP contribution >= 0.6 is 11.6 Å². The molecule has 3 aromatic rings. The molecule has 4 rings (SSSR count). The zero-order valence-corrected chi connectivity index (χ0v) is 16.3. The number of carbonyl (C=O) groups is 1. The summed E-state index contributed by atoms with van der Waals surface area (Å²) in [5.74, 6) is -0.0623. The van der Waals surface area contributed by atoms with Gasteiger partial charge in [0.1, 0.15) is 0 Å². The molecule has 148 valence electrons. The molecular formula is C21H19ClN4O3. The van der Waals surface area contributed by atoms with Crippen LogP contribution in [0.5, 0.6) is 0 Å². The van der Waals surface area contributed by atoms with Crippen molar-refractivity contribution in [1.82, 2.24) is 14.7 Å². The summed E-state index contributed by atoms with van der Waals surface area (Å²) in [6, 6.07) is 13.9. The minimum Gasteiger partial charge on any atom is -0.335 e. The fourth-order valence-corrected chi connectivity index (χ4v) is 3.91. The molecule has 0 spiro atoms. The Hall–Kier alpha value is -3.19. The highest BCUT2D eigenvalue weighted by Gasteiger charge is 2.30. The van der Waals surface area contributed by atoms with Crippen LogP contribution in [0, 0.1) is 10.1 Å². The van der Waals surface area contributed by atoms with Gasteiger partial charge in [-0.05, 0) is 43.0 Å². The second-order valence-electron chi connectivity index (χ2n) is 7.04. The van der Waals surface area contributed by atoms with Gasteiger partial charge in [0.2, 0.25) is 0 Å². The van der Waals surface area contributed by atoms with Gasteiger partial charge in [-0.25, -0.2) is 4.68 Å². The summed E-state index contributed by atoms with van der Waals surface area (Å²) in [6.45, 7) is 0.705. The van der Waals surface area contributed by atoms with Gasteiger partial charge in [0, 0.05) is 35.9 Å². The van der Waals surface area contributed by atoms with E-state index in [2.05, 4.69) is 5.10 Å². The normalized spacial score (nSPS) is 16.2. The van der Waals surface area contributed by atoms with Crippen LogP contribution in [0.4, 0.5) is 5.69 Å². The number of carbonyl (C=O) groups excluding carboxylic acids is 1. The third-order valence-corrected chi connectivity index (χ3v) is 5.57. The van der Waals surface area contributed by atoms with E-state index in [1.165, 1.54) is 18.3 Å². The summed E-state index contributed by atoms with van der Waals surface area (Å²) in [6.07, 6.45) is 5.82. The topological polar surface area (TPSA) is 81.3 Å². The Morgan fingerprint density at radius 2 is 1.97 bits per heavy atom. The van der Waals surface area contributed by atoms with Crippen LogP contribution in [-0.4, -0.2) is 38.1 Å². The van der Waals surface area contributed by atoms with Gasteiger partial charge in [0.05, 0.1) is 22.4 Å². The van der Waals surface area contributed by atoms with Gasteiger partial charge in [-0.2, -0.15) is 5.10 Å². The van der Waals surface area contributed by atoms with Gasteiger partial charge in [0.25, 0.3) is 11.6 Å².